The summed E-state index contributed by atoms with van der Waals surface area (Å²) in [5, 5.41) is 11.1. The fraction of sp³-hybridized carbons (Fsp3) is 0.894. The molecule has 312 valence electrons. The first-order valence-electron chi connectivity index (χ1n) is 23.3. The third-order valence-corrected chi connectivity index (χ3v) is 10.7. The van der Waals surface area contributed by atoms with Crippen LogP contribution in [-0.4, -0.2) is 35.6 Å². The highest BCUT2D eigenvalue weighted by atomic mass is 16.5. The Kier molecular flexibility index (Phi) is 41.4. The van der Waals surface area contributed by atoms with Crippen LogP contribution in [0.1, 0.15) is 258 Å². The molecule has 6 heteroatoms. The highest BCUT2D eigenvalue weighted by molar-refractivity contribution is 5.80. The van der Waals surface area contributed by atoms with Gasteiger partial charge >= 0.3 is 11.9 Å². The number of esters is 1. The average molecular weight is 748 g/mol. The van der Waals surface area contributed by atoms with Gasteiger partial charge in [0.05, 0.1) is 0 Å². The van der Waals surface area contributed by atoms with Crippen LogP contribution < -0.4 is 5.32 Å². The largest absolute Gasteiger partial charge is 0.480 e. The van der Waals surface area contributed by atoms with Gasteiger partial charge in [-0.1, -0.05) is 193 Å². The number of hydrogen-bond acceptors (Lipinski definition) is 4. The molecule has 1 atom stereocenters. The second-order valence-electron chi connectivity index (χ2n) is 16.0. The number of carboxylic acid groups (broad SMARTS) is 1. The summed E-state index contributed by atoms with van der Waals surface area (Å²) in [5.74, 6) is -1.22. The van der Waals surface area contributed by atoms with E-state index in [0.29, 0.717) is 12.8 Å². The monoisotopic (exact) mass is 748 g/mol. The van der Waals surface area contributed by atoms with E-state index in [4.69, 9.17) is 9.84 Å². The molecule has 2 N–H and O–H groups in total. The molecule has 0 heterocycles. The van der Waals surface area contributed by atoms with Crippen LogP contribution in [0, 0.1) is 0 Å². The molecule has 53 heavy (non-hydrogen) atoms. The first-order chi connectivity index (χ1) is 26.0. The van der Waals surface area contributed by atoms with Gasteiger partial charge in [0.25, 0.3) is 0 Å². The molecule has 0 radical (unpaired) electrons. The van der Waals surface area contributed by atoms with Crippen molar-refractivity contribution in [3.05, 3.63) is 12.2 Å². The van der Waals surface area contributed by atoms with E-state index in [1.165, 1.54) is 161 Å². The Morgan fingerprint density at radius 3 is 1.23 bits per heavy atom. The van der Waals surface area contributed by atoms with Gasteiger partial charge in [-0.2, -0.15) is 0 Å². The van der Waals surface area contributed by atoms with Gasteiger partial charge in [0.1, 0.15) is 12.6 Å². The van der Waals surface area contributed by atoms with Crippen molar-refractivity contribution in [3.8, 4) is 0 Å². The molecule has 0 aromatic carbocycles. The number of amides is 1. The van der Waals surface area contributed by atoms with Crippen molar-refractivity contribution in [1.29, 1.82) is 0 Å². The van der Waals surface area contributed by atoms with Gasteiger partial charge in [0.15, 0.2) is 0 Å². The summed E-state index contributed by atoms with van der Waals surface area (Å²) in [6, 6.07) is 0. The van der Waals surface area contributed by atoms with Crippen molar-refractivity contribution in [2.45, 2.75) is 264 Å². The predicted molar refractivity (Wildman–Crippen MR) is 226 cm³/mol. The first-order valence-corrected chi connectivity index (χ1v) is 23.3. The predicted octanol–water partition coefficient (Wildman–Crippen LogP) is 14.5. The molecule has 1 unspecified atom stereocenters. The van der Waals surface area contributed by atoms with Gasteiger partial charge in [-0.3, -0.25) is 14.4 Å². The number of aliphatic carboxylic acids is 1. The maximum atomic E-state index is 12.8. The lowest BCUT2D eigenvalue weighted by atomic mass is 10.0. The van der Waals surface area contributed by atoms with Crippen molar-refractivity contribution >= 4 is 17.8 Å². The van der Waals surface area contributed by atoms with Crippen LogP contribution in [0.25, 0.3) is 0 Å². The van der Waals surface area contributed by atoms with Crippen LogP contribution >= 0.6 is 0 Å². The van der Waals surface area contributed by atoms with Crippen LogP contribution in [-0.2, 0) is 19.1 Å². The Morgan fingerprint density at radius 1 is 0.472 bits per heavy atom. The summed E-state index contributed by atoms with van der Waals surface area (Å²) in [6.45, 7) is 4.25. The van der Waals surface area contributed by atoms with Gasteiger partial charge in [0, 0.05) is 12.8 Å². The zero-order valence-electron chi connectivity index (χ0n) is 35.4. The molecule has 6 nitrogen and oxygen atoms in total. The van der Waals surface area contributed by atoms with Crippen LogP contribution in [0.3, 0.4) is 0 Å². The molecule has 0 bridgehead atoms. The normalized spacial score (nSPS) is 12.0. The highest BCUT2D eigenvalue weighted by Crippen LogP contribution is 2.19. The quantitative estimate of drug-likeness (QED) is 0.0368. The number of nitrogens with one attached hydrogen (secondary N) is 1. The molecule has 0 aromatic heterocycles. The maximum Gasteiger partial charge on any atom is 0.322 e. The number of carboxylic acids is 1. The molecule has 1 amide bonds. The van der Waals surface area contributed by atoms with Crippen molar-refractivity contribution < 1.29 is 24.2 Å². The van der Waals surface area contributed by atoms with Gasteiger partial charge in [-0.25, -0.2) is 0 Å². The van der Waals surface area contributed by atoms with Gasteiger partial charge in [-0.15, -0.1) is 0 Å². The molecule has 0 rings (SSSR count). The van der Waals surface area contributed by atoms with Crippen LogP contribution in [0.4, 0.5) is 0 Å². The Labute approximate surface area is 329 Å². The maximum absolute atomic E-state index is 12.8. The molecule has 0 saturated heterocycles. The molecule has 0 aliphatic carbocycles. The summed E-state index contributed by atoms with van der Waals surface area (Å²) in [7, 11) is 0. The van der Waals surface area contributed by atoms with E-state index >= 15 is 0 Å². The Bertz CT molecular complexity index is 828. The number of ether oxygens (including phenoxy) is 1. The zero-order chi connectivity index (χ0) is 38.7. The van der Waals surface area contributed by atoms with Gasteiger partial charge < -0.3 is 15.2 Å². The number of hydrogen-bond donors (Lipinski definition) is 2. The second kappa shape index (κ2) is 42.9. The smallest absolute Gasteiger partial charge is 0.322 e. The van der Waals surface area contributed by atoms with Crippen LogP contribution in [0.5, 0.6) is 0 Å². The number of rotatable bonds is 43. The number of allylic oxidation sites excluding steroid dienone is 2. The topological polar surface area (TPSA) is 92.7 Å². The zero-order valence-corrected chi connectivity index (χ0v) is 35.4. The molecule has 0 aromatic rings. The number of unbranched alkanes of at least 4 members (excludes halogenated alkanes) is 30. The highest BCUT2D eigenvalue weighted by Gasteiger charge is 2.14. The third kappa shape index (κ3) is 42.8. The number of carbonyl (C=O) groups excluding carboxylic acids is 2. The lowest BCUT2D eigenvalue weighted by Crippen LogP contribution is -2.28. The lowest BCUT2D eigenvalue weighted by Gasteiger charge is -2.18. The van der Waals surface area contributed by atoms with E-state index in [9.17, 15) is 14.4 Å². The Balaban J connectivity index is 4.15. The molecule has 0 aliphatic heterocycles. The van der Waals surface area contributed by atoms with Gasteiger partial charge in [-0.05, 0) is 64.2 Å². The fourth-order valence-corrected chi connectivity index (χ4v) is 7.22. The molecular weight excluding hydrogens is 659 g/mol. The standard InChI is InChI=1S/C47H89NO5/c1-3-5-7-9-11-13-15-17-19-21-23-25-27-29-34-38-42-47(52)53-44(40-36-32-30-33-37-41-45(49)48-43-46(50)51)39-35-31-28-26-24-22-20-18-16-14-12-10-8-6-4-2/h22,24,44H,3-21,23,25-43H2,1-2H3,(H,48,49)(H,50,51)/b24-22-. The molecule has 0 spiro atoms. The van der Waals surface area contributed by atoms with Crippen LogP contribution in [0.2, 0.25) is 0 Å². The SMILES string of the molecule is CCCCCCCCCC/C=C\CCCCCC(CCCCCCCC(=O)NCC(=O)O)OC(=O)CCCCCCCCCCCCCCCCCC. The van der Waals surface area contributed by atoms with E-state index < -0.39 is 5.97 Å². The van der Waals surface area contributed by atoms with E-state index in [1.807, 2.05) is 0 Å². The van der Waals surface area contributed by atoms with E-state index in [0.717, 1.165) is 70.6 Å². The second-order valence-corrected chi connectivity index (χ2v) is 16.0. The van der Waals surface area contributed by atoms with Crippen molar-refractivity contribution in [3.63, 3.8) is 0 Å². The van der Waals surface area contributed by atoms with Crippen LogP contribution in [0.15, 0.2) is 12.2 Å². The fourth-order valence-electron chi connectivity index (χ4n) is 7.22. The van der Waals surface area contributed by atoms with Crippen molar-refractivity contribution in [2.75, 3.05) is 6.54 Å². The summed E-state index contributed by atoms with van der Waals surface area (Å²) in [5.41, 5.74) is 0. The first kappa shape index (κ1) is 51.1. The van der Waals surface area contributed by atoms with Crippen molar-refractivity contribution in [2.24, 2.45) is 0 Å². The average Bonchev–Trinajstić information content (AvgIpc) is 3.14. The Hall–Kier alpha value is -1.85. The Morgan fingerprint density at radius 2 is 0.811 bits per heavy atom. The van der Waals surface area contributed by atoms with E-state index in [-0.39, 0.29) is 24.5 Å². The minimum Gasteiger partial charge on any atom is -0.480 e. The van der Waals surface area contributed by atoms with E-state index in [2.05, 4.69) is 31.3 Å². The summed E-state index contributed by atoms with van der Waals surface area (Å²) >= 11 is 0. The van der Waals surface area contributed by atoms with E-state index in [1.54, 1.807) is 0 Å². The molecular formula is C47H89NO5. The van der Waals surface area contributed by atoms with Crippen molar-refractivity contribution in [1.82, 2.24) is 5.32 Å². The minimum atomic E-state index is -1.01. The molecule has 0 aliphatic rings. The summed E-state index contributed by atoms with van der Waals surface area (Å²) in [4.78, 5) is 35.1. The lowest BCUT2D eigenvalue weighted by molar-refractivity contribution is -0.150. The molecule has 0 saturated carbocycles. The number of carbonyl (C=O) groups is 3. The van der Waals surface area contributed by atoms with Gasteiger partial charge in [0.2, 0.25) is 5.91 Å². The summed E-state index contributed by atoms with van der Waals surface area (Å²) in [6.07, 6.45) is 50.6. The third-order valence-electron chi connectivity index (χ3n) is 10.7. The summed E-state index contributed by atoms with van der Waals surface area (Å²) < 4.78 is 6.05. The molecule has 0 fully saturated rings. The minimum absolute atomic E-state index is 0.0165.